The van der Waals surface area contributed by atoms with E-state index in [1.807, 2.05) is 29.2 Å². The fourth-order valence-electron chi connectivity index (χ4n) is 3.07. The summed E-state index contributed by atoms with van der Waals surface area (Å²) in [6.07, 6.45) is 1.42. The van der Waals surface area contributed by atoms with E-state index in [2.05, 4.69) is 26.2 Å². The molecule has 30 heavy (non-hydrogen) atoms. The Morgan fingerprint density at radius 3 is 2.67 bits per heavy atom. The summed E-state index contributed by atoms with van der Waals surface area (Å²) >= 11 is 3.38. The fourth-order valence-corrected chi connectivity index (χ4v) is 3.45. The lowest BCUT2D eigenvalue weighted by atomic mass is 10.2. The minimum atomic E-state index is -0.384. The standard InChI is InChI=1S/C22H19BrFN3O3/c23-16-2-1-3-18(12-16)30-21-7-4-15(14-25-21)22(28)26-17-5-6-20(19(24)13-17)27-8-10-29-11-9-27/h1-7,12-14H,8-11H2,(H,26,28). The van der Waals surface area contributed by atoms with Crippen LogP contribution in [0.25, 0.3) is 0 Å². The third-order valence-corrected chi connectivity index (χ3v) is 5.07. The number of rotatable bonds is 5. The van der Waals surface area contributed by atoms with Crippen molar-refractivity contribution in [3.63, 3.8) is 0 Å². The van der Waals surface area contributed by atoms with Crippen LogP contribution >= 0.6 is 15.9 Å². The van der Waals surface area contributed by atoms with E-state index >= 15 is 0 Å². The molecule has 0 atom stereocenters. The van der Waals surface area contributed by atoms with Crippen LogP contribution in [0.2, 0.25) is 0 Å². The van der Waals surface area contributed by atoms with Gasteiger partial charge in [-0.05, 0) is 42.5 Å². The Labute approximate surface area is 181 Å². The lowest BCUT2D eigenvalue weighted by Crippen LogP contribution is -2.36. The van der Waals surface area contributed by atoms with E-state index < -0.39 is 0 Å². The number of halogens is 2. The number of amides is 1. The molecule has 1 fully saturated rings. The van der Waals surface area contributed by atoms with Gasteiger partial charge in [-0.2, -0.15) is 0 Å². The molecular weight excluding hydrogens is 453 g/mol. The molecule has 0 unspecified atom stereocenters. The molecule has 4 rings (SSSR count). The fraction of sp³-hybridized carbons (Fsp3) is 0.182. The van der Waals surface area contributed by atoms with Gasteiger partial charge in [0, 0.05) is 35.5 Å². The molecule has 0 spiro atoms. The van der Waals surface area contributed by atoms with E-state index in [9.17, 15) is 9.18 Å². The number of benzene rings is 2. The summed E-state index contributed by atoms with van der Waals surface area (Å²) in [7, 11) is 0. The zero-order chi connectivity index (χ0) is 20.9. The predicted octanol–water partition coefficient (Wildman–Crippen LogP) is 4.86. The minimum absolute atomic E-state index is 0.342. The molecule has 3 aromatic rings. The first-order chi connectivity index (χ1) is 14.6. The van der Waals surface area contributed by atoms with Crippen molar-refractivity contribution in [3.05, 3.63) is 76.6 Å². The lowest BCUT2D eigenvalue weighted by molar-refractivity contribution is 0.102. The number of carbonyl (C=O) groups is 1. The molecule has 1 amide bonds. The van der Waals surface area contributed by atoms with Crippen LogP contribution in [0.3, 0.4) is 0 Å². The van der Waals surface area contributed by atoms with Gasteiger partial charge < -0.3 is 19.7 Å². The summed E-state index contributed by atoms with van der Waals surface area (Å²) in [6, 6.07) is 15.3. The topological polar surface area (TPSA) is 63.7 Å². The highest BCUT2D eigenvalue weighted by molar-refractivity contribution is 9.10. The first kappa shape index (κ1) is 20.3. The van der Waals surface area contributed by atoms with Crippen molar-refractivity contribution in [2.24, 2.45) is 0 Å². The molecule has 1 aliphatic rings. The van der Waals surface area contributed by atoms with Crippen molar-refractivity contribution in [1.29, 1.82) is 0 Å². The molecule has 0 bridgehead atoms. The maximum atomic E-state index is 14.5. The maximum absolute atomic E-state index is 14.5. The number of aromatic nitrogens is 1. The van der Waals surface area contributed by atoms with Crippen LogP contribution in [0.4, 0.5) is 15.8 Å². The van der Waals surface area contributed by atoms with Gasteiger partial charge in [0.1, 0.15) is 11.6 Å². The highest BCUT2D eigenvalue weighted by atomic mass is 79.9. The number of pyridine rings is 1. The number of carbonyl (C=O) groups excluding carboxylic acids is 1. The van der Waals surface area contributed by atoms with Gasteiger partial charge in [-0.15, -0.1) is 0 Å². The second kappa shape index (κ2) is 9.23. The number of ether oxygens (including phenoxy) is 2. The molecule has 0 aliphatic carbocycles. The summed E-state index contributed by atoms with van der Waals surface area (Å²) < 4.78 is 26.4. The second-order valence-corrected chi connectivity index (χ2v) is 7.58. The Kier molecular flexibility index (Phi) is 6.25. The van der Waals surface area contributed by atoms with Gasteiger partial charge in [0.15, 0.2) is 0 Å². The number of nitrogens with zero attached hydrogens (tertiary/aromatic N) is 2. The van der Waals surface area contributed by atoms with Crippen molar-refractivity contribution in [1.82, 2.24) is 4.98 Å². The average molecular weight is 472 g/mol. The van der Waals surface area contributed by atoms with Gasteiger partial charge in [0.2, 0.25) is 5.88 Å². The van der Waals surface area contributed by atoms with Crippen LogP contribution < -0.4 is 15.0 Å². The number of morpholine rings is 1. The first-order valence-corrected chi connectivity index (χ1v) is 10.2. The Balaban J connectivity index is 1.40. The van der Waals surface area contributed by atoms with E-state index in [0.717, 1.165) is 4.47 Å². The van der Waals surface area contributed by atoms with Crippen molar-refractivity contribution in [2.75, 3.05) is 36.5 Å². The van der Waals surface area contributed by atoms with Crippen molar-refractivity contribution < 1.29 is 18.7 Å². The van der Waals surface area contributed by atoms with Crippen LogP contribution in [-0.4, -0.2) is 37.2 Å². The smallest absolute Gasteiger partial charge is 0.257 e. The maximum Gasteiger partial charge on any atom is 0.257 e. The van der Waals surface area contributed by atoms with Crippen molar-refractivity contribution >= 4 is 33.2 Å². The summed E-state index contributed by atoms with van der Waals surface area (Å²) in [4.78, 5) is 18.6. The molecule has 154 valence electrons. The molecule has 8 heteroatoms. The average Bonchev–Trinajstić information content (AvgIpc) is 2.75. The highest BCUT2D eigenvalue weighted by Crippen LogP contribution is 2.25. The molecule has 0 radical (unpaired) electrons. The number of nitrogens with one attached hydrogen (secondary N) is 1. The SMILES string of the molecule is O=C(Nc1ccc(N2CCOCC2)c(F)c1)c1ccc(Oc2cccc(Br)c2)nc1. The van der Waals surface area contributed by atoms with Gasteiger partial charge in [0.05, 0.1) is 24.5 Å². The molecule has 6 nitrogen and oxygen atoms in total. The Morgan fingerprint density at radius 2 is 1.97 bits per heavy atom. The minimum Gasteiger partial charge on any atom is -0.439 e. The molecule has 2 heterocycles. The van der Waals surface area contributed by atoms with Gasteiger partial charge >= 0.3 is 0 Å². The second-order valence-electron chi connectivity index (χ2n) is 6.66. The molecule has 1 aliphatic heterocycles. The summed E-state index contributed by atoms with van der Waals surface area (Å²) in [5.41, 5.74) is 1.23. The first-order valence-electron chi connectivity index (χ1n) is 9.41. The van der Waals surface area contributed by atoms with E-state index in [-0.39, 0.29) is 11.7 Å². The normalized spacial score (nSPS) is 13.7. The zero-order valence-corrected chi connectivity index (χ0v) is 17.6. The van der Waals surface area contributed by atoms with Gasteiger partial charge in [-0.3, -0.25) is 4.79 Å². The van der Waals surface area contributed by atoms with E-state index in [1.165, 1.54) is 12.3 Å². The van der Waals surface area contributed by atoms with Crippen LogP contribution in [-0.2, 0) is 4.74 Å². The van der Waals surface area contributed by atoms with Gasteiger partial charge in [-0.1, -0.05) is 22.0 Å². The molecular formula is C22H19BrFN3O3. The quantitative estimate of drug-likeness (QED) is 0.575. The molecule has 1 aromatic heterocycles. The number of hydrogen-bond acceptors (Lipinski definition) is 5. The van der Waals surface area contributed by atoms with Crippen LogP contribution in [0.15, 0.2) is 65.3 Å². The van der Waals surface area contributed by atoms with E-state index in [0.29, 0.717) is 54.9 Å². The monoisotopic (exact) mass is 471 g/mol. The zero-order valence-electron chi connectivity index (χ0n) is 16.0. The Hall–Kier alpha value is -2.97. The predicted molar refractivity (Wildman–Crippen MR) is 116 cm³/mol. The molecule has 1 N–H and O–H groups in total. The highest BCUT2D eigenvalue weighted by Gasteiger charge is 2.16. The summed E-state index contributed by atoms with van der Waals surface area (Å²) in [6.45, 7) is 2.43. The third-order valence-electron chi connectivity index (χ3n) is 4.57. The lowest BCUT2D eigenvalue weighted by Gasteiger charge is -2.29. The third kappa shape index (κ3) is 4.95. The number of hydrogen-bond donors (Lipinski definition) is 1. The van der Waals surface area contributed by atoms with E-state index in [4.69, 9.17) is 9.47 Å². The Bertz CT molecular complexity index is 1040. The molecule has 1 saturated heterocycles. The summed E-state index contributed by atoms with van der Waals surface area (Å²) in [5, 5.41) is 2.70. The van der Waals surface area contributed by atoms with E-state index in [1.54, 1.807) is 24.3 Å². The van der Waals surface area contributed by atoms with Crippen LogP contribution in [0, 0.1) is 5.82 Å². The van der Waals surface area contributed by atoms with Crippen LogP contribution in [0.1, 0.15) is 10.4 Å². The summed E-state index contributed by atoms with van der Waals surface area (Å²) in [5.74, 6) is 0.232. The van der Waals surface area contributed by atoms with Crippen molar-refractivity contribution in [3.8, 4) is 11.6 Å². The molecule has 2 aromatic carbocycles. The van der Waals surface area contributed by atoms with Gasteiger partial charge in [-0.25, -0.2) is 9.37 Å². The Morgan fingerprint density at radius 1 is 1.13 bits per heavy atom. The number of anilines is 2. The van der Waals surface area contributed by atoms with Gasteiger partial charge in [0.25, 0.3) is 5.91 Å². The molecule has 0 saturated carbocycles. The van der Waals surface area contributed by atoms with Crippen molar-refractivity contribution in [2.45, 2.75) is 0 Å². The largest absolute Gasteiger partial charge is 0.439 e. The van der Waals surface area contributed by atoms with Crippen LogP contribution in [0.5, 0.6) is 11.6 Å².